The summed E-state index contributed by atoms with van der Waals surface area (Å²) in [5.41, 5.74) is 4.11. The van der Waals surface area contributed by atoms with Gasteiger partial charge in [-0.3, -0.25) is 9.20 Å². The van der Waals surface area contributed by atoms with Gasteiger partial charge in [0.15, 0.2) is 4.96 Å². The molecule has 0 saturated carbocycles. The largest absolute Gasteiger partial charge is 0.476 e. The van der Waals surface area contributed by atoms with Crippen molar-refractivity contribution in [1.82, 2.24) is 29.6 Å². The minimum absolute atomic E-state index is 0.0558. The van der Waals surface area contributed by atoms with E-state index in [-0.39, 0.29) is 12.3 Å². The molecule has 10 heteroatoms. The van der Waals surface area contributed by atoms with Crippen molar-refractivity contribution < 1.29 is 9.53 Å². The molecule has 0 aliphatic carbocycles. The Labute approximate surface area is 208 Å². The first kappa shape index (κ1) is 23.3. The maximum atomic E-state index is 12.5. The number of aryl methyl sites for hydroxylation is 1. The summed E-state index contributed by atoms with van der Waals surface area (Å²) < 4.78 is 7.76. The molecular weight excluding hydrogens is 462 g/mol. The van der Waals surface area contributed by atoms with Crippen molar-refractivity contribution in [1.29, 1.82) is 0 Å². The number of fused-ring (bicyclic) bond motifs is 1. The molecule has 4 aromatic rings. The fourth-order valence-electron chi connectivity index (χ4n) is 4.01. The van der Waals surface area contributed by atoms with Gasteiger partial charge in [-0.25, -0.2) is 15.0 Å². The third-order valence-electron chi connectivity index (χ3n) is 6.10. The second-order valence-electron chi connectivity index (χ2n) is 8.75. The lowest BCUT2D eigenvalue weighted by Crippen LogP contribution is -2.44. The lowest BCUT2D eigenvalue weighted by Gasteiger charge is -2.33. The average Bonchev–Trinajstić information content (AvgIpc) is 3.45. The molecule has 9 nitrogen and oxygen atoms in total. The van der Waals surface area contributed by atoms with Crippen LogP contribution in [0.25, 0.3) is 16.2 Å². The lowest BCUT2D eigenvalue weighted by molar-refractivity contribution is -0.120. The zero-order valence-corrected chi connectivity index (χ0v) is 20.8. The highest BCUT2D eigenvalue weighted by molar-refractivity contribution is 7.15. The number of carbonyl (C=O) groups is 1. The molecule has 1 N–H and O–H groups in total. The standard InChI is InChI=1S/C25H29N7O2S/c1-18-3-5-19(6-4-18)21-15-32-20(16-35-25(32)29-21)13-23(33)26-7-12-34-24-14-22(27-17-28-24)31-10-8-30(2)9-11-31/h3-6,14-17H,7-13H2,1-2H3,(H,26,33). The van der Waals surface area contributed by atoms with Gasteiger partial charge in [-0.1, -0.05) is 29.8 Å². The Morgan fingerprint density at radius 2 is 1.94 bits per heavy atom. The van der Waals surface area contributed by atoms with Crippen LogP contribution in [0.15, 0.2) is 48.2 Å². The molecule has 1 aromatic carbocycles. The number of rotatable bonds is 8. The van der Waals surface area contributed by atoms with Crippen LogP contribution < -0.4 is 15.0 Å². The van der Waals surface area contributed by atoms with Gasteiger partial charge >= 0.3 is 0 Å². The molecule has 1 fully saturated rings. The molecule has 0 unspecified atom stereocenters. The van der Waals surface area contributed by atoms with Crippen LogP contribution in [-0.4, -0.2) is 76.5 Å². The van der Waals surface area contributed by atoms with E-state index in [1.807, 2.05) is 22.0 Å². The summed E-state index contributed by atoms with van der Waals surface area (Å²) in [6.07, 6.45) is 3.80. The minimum atomic E-state index is -0.0558. The molecule has 4 heterocycles. The first-order valence-electron chi connectivity index (χ1n) is 11.7. The lowest BCUT2D eigenvalue weighted by atomic mass is 10.1. The summed E-state index contributed by atoms with van der Waals surface area (Å²) in [5, 5.41) is 4.92. The van der Waals surface area contributed by atoms with Crippen molar-refractivity contribution in [2.24, 2.45) is 0 Å². The van der Waals surface area contributed by atoms with Crippen molar-refractivity contribution >= 4 is 28.0 Å². The molecule has 1 aliphatic heterocycles. The summed E-state index contributed by atoms with van der Waals surface area (Å²) in [7, 11) is 2.12. The van der Waals surface area contributed by atoms with Gasteiger partial charge in [0, 0.05) is 55.1 Å². The first-order chi connectivity index (χ1) is 17.0. The van der Waals surface area contributed by atoms with E-state index in [9.17, 15) is 4.79 Å². The van der Waals surface area contributed by atoms with Crippen molar-refractivity contribution in [3.05, 3.63) is 59.5 Å². The van der Waals surface area contributed by atoms with Gasteiger partial charge < -0.3 is 19.9 Å². The second-order valence-corrected chi connectivity index (χ2v) is 9.59. The number of anilines is 1. The Bertz CT molecular complexity index is 1290. The molecule has 1 aliphatic rings. The predicted molar refractivity (Wildman–Crippen MR) is 137 cm³/mol. The summed E-state index contributed by atoms with van der Waals surface area (Å²) >= 11 is 1.54. The van der Waals surface area contributed by atoms with Crippen LogP contribution in [0, 0.1) is 6.92 Å². The fourth-order valence-corrected chi connectivity index (χ4v) is 4.88. The third kappa shape index (κ3) is 5.60. The number of likely N-dealkylation sites (N-methyl/N-ethyl adjacent to an activating group) is 1. The molecule has 5 rings (SSSR count). The zero-order valence-electron chi connectivity index (χ0n) is 20.0. The molecule has 0 spiro atoms. The van der Waals surface area contributed by atoms with E-state index in [2.05, 4.69) is 63.3 Å². The van der Waals surface area contributed by atoms with E-state index < -0.39 is 0 Å². The highest BCUT2D eigenvalue weighted by atomic mass is 32.1. The van der Waals surface area contributed by atoms with Gasteiger partial charge in [0.1, 0.15) is 18.8 Å². The Kier molecular flexibility index (Phi) is 6.91. The van der Waals surface area contributed by atoms with Crippen molar-refractivity contribution in [3.63, 3.8) is 0 Å². The van der Waals surface area contributed by atoms with Gasteiger partial charge in [0.05, 0.1) is 18.7 Å². The SMILES string of the molecule is Cc1ccc(-c2cn3c(CC(=O)NCCOc4cc(N5CCN(C)CC5)ncn4)csc3n2)cc1. The Morgan fingerprint density at radius 1 is 1.14 bits per heavy atom. The number of carbonyl (C=O) groups excluding carboxylic acids is 1. The van der Waals surface area contributed by atoms with Gasteiger partial charge in [0.2, 0.25) is 11.8 Å². The molecule has 182 valence electrons. The summed E-state index contributed by atoms with van der Waals surface area (Å²) in [4.78, 5) is 31.2. The number of aromatic nitrogens is 4. The summed E-state index contributed by atoms with van der Waals surface area (Å²) in [6.45, 7) is 6.69. The number of hydrogen-bond acceptors (Lipinski definition) is 8. The van der Waals surface area contributed by atoms with E-state index in [0.717, 1.165) is 53.9 Å². The maximum Gasteiger partial charge on any atom is 0.226 e. The topological polar surface area (TPSA) is 87.9 Å². The molecule has 0 radical (unpaired) electrons. The van der Waals surface area contributed by atoms with Crippen LogP contribution in [-0.2, 0) is 11.2 Å². The van der Waals surface area contributed by atoms with E-state index >= 15 is 0 Å². The first-order valence-corrected chi connectivity index (χ1v) is 12.6. The summed E-state index contributed by atoms with van der Waals surface area (Å²) in [6, 6.07) is 10.2. The van der Waals surface area contributed by atoms with Gasteiger partial charge in [0.25, 0.3) is 0 Å². The van der Waals surface area contributed by atoms with Crippen LogP contribution in [0.3, 0.4) is 0 Å². The van der Waals surface area contributed by atoms with Crippen molar-refractivity contribution in [3.8, 4) is 17.1 Å². The molecule has 0 bridgehead atoms. The maximum absolute atomic E-state index is 12.5. The molecule has 0 atom stereocenters. The number of amides is 1. The molecule has 35 heavy (non-hydrogen) atoms. The molecular formula is C25H29N7O2S. The predicted octanol–water partition coefficient (Wildman–Crippen LogP) is 2.65. The van der Waals surface area contributed by atoms with Crippen LogP contribution >= 0.6 is 11.3 Å². The number of hydrogen-bond donors (Lipinski definition) is 1. The Hall–Kier alpha value is -3.50. The number of thiazole rings is 1. The van der Waals surface area contributed by atoms with E-state index in [0.29, 0.717) is 19.0 Å². The van der Waals surface area contributed by atoms with Crippen LogP contribution in [0.4, 0.5) is 5.82 Å². The van der Waals surface area contributed by atoms with Crippen LogP contribution in [0.1, 0.15) is 11.3 Å². The highest BCUT2D eigenvalue weighted by Crippen LogP contribution is 2.24. The third-order valence-corrected chi connectivity index (χ3v) is 6.99. The zero-order chi connectivity index (χ0) is 24.2. The van der Waals surface area contributed by atoms with Crippen molar-refractivity contribution in [2.75, 3.05) is 51.3 Å². The monoisotopic (exact) mass is 491 g/mol. The van der Waals surface area contributed by atoms with Crippen molar-refractivity contribution in [2.45, 2.75) is 13.3 Å². The van der Waals surface area contributed by atoms with Gasteiger partial charge in [-0.15, -0.1) is 11.3 Å². The second kappa shape index (κ2) is 10.4. The van der Waals surface area contributed by atoms with Crippen LogP contribution in [0.2, 0.25) is 0 Å². The number of nitrogens with one attached hydrogen (secondary N) is 1. The van der Waals surface area contributed by atoms with E-state index in [1.54, 1.807) is 0 Å². The number of ether oxygens (including phenoxy) is 1. The Morgan fingerprint density at radius 3 is 2.74 bits per heavy atom. The van der Waals surface area contributed by atoms with Gasteiger partial charge in [-0.05, 0) is 14.0 Å². The van der Waals surface area contributed by atoms with E-state index in [1.165, 1.54) is 23.2 Å². The highest BCUT2D eigenvalue weighted by Gasteiger charge is 2.16. The number of benzene rings is 1. The quantitative estimate of drug-likeness (QED) is 0.379. The molecule has 1 amide bonds. The summed E-state index contributed by atoms with van der Waals surface area (Å²) in [5.74, 6) is 1.34. The smallest absolute Gasteiger partial charge is 0.226 e. The number of piperazine rings is 1. The fraction of sp³-hybridized carbons (Fsp3) is 0.360. The Balaban J connectivity index is 1.11. The molecule has 1 saturated heterocycles. The van der Waals surface area contributed by atoms with Crippen LogP contribution in [0.5, 0.6) is 5.88 Å². The normalized spacial score (nSPS) is 14.4. The molecule has 3 aromatic heterocycles. The number of imidazole rings is 1. The minimum Gasteiger partial charge on any atom is -0.476 e. The average molecular weight is 492 g/mol. The number of nitrogens with zero attached hydrogens (tertiary/aromatic N) is 6. The van der Waals surface area contributed by atoms with Gasteiger partial charge in [-0.2, -0.15) is 0 Å². The van der Waals surface area contributed by atoms with E-state index in [4.69, 9.17) is 9.72 Å².